The second kappa shape index (κ2) is 8.53. The molecular weight excluding hydrogens is 328 g/mol. The standard InChI is InChI=1S/C20H34N4O2/c1-15(2)23-9-4-16(5-10-23)14-18(25)24-11-6-17(7-12-24)19(26)20-21-8-13-22(20)3/h8,13,15-17,19,26H,4-7,9-12,14H2,1-3H3/t19-/m1/s1. The number of hydrogen-bond donors (Lipinski definition) is 1. The Morgan fingerprint density at radius 3 is 2.38 bits per heavy atom. The molecule has 2 aliphatic rings. The number of carbonyl (C=O) groups is 1. The molecule has 0 aliphatic carbocycles. The van der Waals surface area contributed by atoms with E-state index in [4.69, 9.17) is 0 Å². The number of carbonyl (C=O) groups excluding carboxylic acids is 1. The van der Waals surface area contributed by atoms with E-state index >= 15 is 0 Å². The van der Waals surface area contributed by atoms with E-state index in [0.717, 1.165) is 57.7 Å². The van der Waals surface area contributed by atoms with Gasteiger partial charge in [-0.25, -0.2) is 4.98 Å². The van der Waals surface area contributed by atoms with Crippen molar-refractivity contribution in [2.45, 2.75) is 58.1 Å². The molecule has 3 rings (SSSR count). The summed E-state index contributed by atoms with van der Waals surface area (Å²) in [4.78, 5) is 21.5. The maximum absolute atomic E-state index is 12.7. The summed E-state index contributed by atoms with van der Waals surface area (Å²) in [5.41, 5.74) is 0. The van der Waals surface area contributed by atoms with E-state index in [9.17, 15) is 9.90 Å². The minimum atomic E-state index is -0.535. The smallest absolute Gasteiger partial charge is 0.222 e. The fraction of sp³-hybridized carbons (Fsp3) is 0.800. The van der Waals surface area contributed by atoms with Crippen molar-refractivity contribution < 1.29 is 9.90 Å². The van der Waals surface area contributed by atoms with Gasteiger partial charge in [-0.3, -0.25) is 4.79 Å². The molecule has 146 valence electrons. The minimum absolute atomic E-state index is 0.189. The van der Waals surface area contributed by atoms with E-state index in [1.807, 2.05) is 22.7 Å². The van der Waals surface area contributed by atoms with Crippen molar-refractivity contribution >= 4 is 5.91 Å². The molecule has 6 heteroatoms. The molecule has 1 aromatic rings. The van der Waals surface area contributed by atoms with Crippen LogP contribution >= 0.6 is 0 Å². The molecule has 0 radical (unpaired) electrons. The number of nitrogens with zero attached hydrogens (tertiary/aromatic N) is 4. The number of aryl methyl sites for hydroxylation is 1. The summed E-state index contributed by atoms with van der Waals surface area (Å²) >= 11 is 0. The molecule has 1 aromatic heterocycles. The third-order valence-electron chi connectivity index (χ3n) is 6.30. The predicted octanol–water partition coefficient (Wildman–Crippen LogP) is 2.20. The van der Waals surface area contributed by atoms with Gasteiger partial charge in [0.15, 0.2) is 0 Å². The maximum atomic E-state index is 12.7. The van der Waals surface area contributed by atoms with E-state index in [2.05, 4.69) is 23.7 Å². The van der Waals surface area contributed by atoms with Gasteiger partial charge in [-0.2, -0.15) is 0 Å². The van der Waals surface area contributed by atoms with Gasteiger partial charge < -0.3 is 19.5 Å². The molecule has 0 unspecified atom stereocenters. The number of hydrogen-bond acceptors (Lipinski definition) is 4. The lowest BCUT2D eigenvalue weighted by atomic mass is 9.89. The van der Waals surface area contributed by atoms with Gasteiger partial charge in [0.1, 0.15) is 11.9 Å². The molecule has 6 nitrogen and oxygen atoms in total. The van der Waals surface area contributed by atoms with Crippen molar-refractivity contribution in [2.75, 3.05) is 26.2 Å². The summed E-state index contributed by atoms with van der Waals surface area (Å²) in [6.45, 7) is 8.25. The first kappa shape index (κ1) is 19.4. The third-order valence-corrected chi connectivity index (χ3v) is 6.30. The molecule has 1 amide bonds. The van der Waals surface area contributed by atoms with E-state index in [1.165, 1.54) is 0 Å². The monoisotopic (exact) mass is 362 g/mol. The topological polar surface area (TPSA) is 61.6 Å². The van der Waals surface area contributed by atoms with Crippen molar-refractivity contribution in [3.8, 4) is 0 Å². The van der Waals surface area contributed by atoms with Gasteiger partial charge in [-0.15, -0.1) is 0 Å². The number of amides is 1. The Morgan fingerprint density at radius 1 is 1.19 bits per heavy atom. The van der Waals surface area contributed by atoms with Gasteiger partial charge in [0, 0.05) is 45.0 Å². The van der Waals surface area contributed by atoms with Crippen LogP contribution in [0.1, 0.15) is 57.9 Å². The second-order valence-electron chi connectivity index (χ2n) is 8.34. The number of rotatable bonds is 5. The zero-order valence-corrected chi connectivity index (χ0v) is 16.5. The minimum Gasteiger partial charge on any atom is -0.385 e. The van der Waals surface area contributed by atoms with E-state index < -0.39 is 6.10 Å². The summed E-state index contributed by atoms with van der Waals surface area (Å²) in [6, 6.07) is 0.607. The Kier molecular flexibility index (Phi) is 6.35. The maximum Gasteiger partial charge on any atom is 0.222 e. The average molecular weight is 363 g/mol. The quantitative estimate of drug-likeness (QED) is 0.872. The largest absolute Gasteiger partial charge is 0.385 e. The molecule has 0 aromatic carbocycles. The van der Waals surface area contributed by atoms with Gasteiger partial charge in [-0.1, -0.05) is 0 Å². The first-order valence-electron chi connectivity index (χ1n) is 10.1. The molecule has 3 heterocycles. The molecule has 1 atom stereocenters. The van der Waals surface area contributed by atoms with Crippen LogP contribution in [-0.4, -0.2) is 62.6 Å². The molecule has 1 N–H and O–H groups in total. The first-order valence-corrected chi connectivity index (χ1v) is 10.1. The number of aliphatic hydroxyl groups is 1. The lowest BCUT2D eigenvalue weighted by Gasteiger charge is -2.37. The molecule has 2 fully saturated rings. The van der Waals surface area contributed by atoms with Crippen molar-refractivity contribution in [3.63, 3.8) is 0 Å². The predicted molar refractivity (Wildman–Crippen MR) is 102 cm³/mol. The van der Waals surface area contributed by atoms with Gasteiger partial charge in [-0.05, 0) is 64.5 Å². The molecule has 2 aliphatic heterocycles. The summed E-state index contributed by atoms with van der Waals surface area (Å²) in [7, 11) is 1.91. The van der Waals surface area contributed by atoms with E-state index in [1.54, 1.807) is 6.20 Å². The van der Waals surface area contributed by atoms with Gasteiger partial charge in [0.05, 0.1) is 0 Å². The second-order valence-corrected chi connectivity index (χ2v) is 8.34. The third kappa shape index (κ3) is 4.46. The lowest BCUT2D eigenvalue weighted by molar-refractivity contribution is -0.134. The number of imidazole rings is 1. The van der Waals surface area contributed by atoms with Crippen LogP contribution in [0, 0.1) is 11.8 Å². The summed E-state index contributed by atoms with van der Waals surface area (Å²) in [5.74, 6) is 1.76. The normalized spacial score (nSPS) is 22.1. The Labute approximate surface area is 157 Å². The van der Waals surface area contributed by atoms with Crippen LogP contribution in [0.2, 0.25) is 0 Å². The molecule has 0 saturated carbocycles. The van der Waals surface area contributed by atoms with E-state index in [0.29, 0.717) is 24.3 Å². The Morgan fingerprint density at radius 2 is 1.85 bits per heavy atom. The highest BCUT2D eigenvalue weighted by atomic mass is 16.3. The zero-order chi connectivity index (χ0) is 18.7. The van der Waals surface area contributed by atoms with Crippen molar-refractivity contribution in [3.05, 3.63) is 18.2 Å². The van der Waals surface area contributed by atoms with Gasteiger partial charge in [0.25, 0.3) is 0 Å². The summed E-state index contributed by atoms with van der Waals surface area (Å²) < 4.78 is 1.88. The Balaban J connectivity index is 1.43. The molecule has 26 heavy (non-hydrogen) atoms. The fourth-order valence-electron chi connectivity index (χ4n) is 4.39. The summed E-state index contributed by atoms with van der Waals surface area (Å²) in [6.07, 6.45) is 7.73. The molecular formula is C20H34N4O2. The van der Waals surface area contributed by atoms with Crippen LogP contribution in [0.4, 0.5) is 0 Å². The Bertz CT molecular complexity index is 584. The number of aromatic nitrogens is 2. The van der Waals surface area contributed by atoms with Gasteiger partial charge >= 0.3 is 0 Å². The van der Waals surface area contributed by atoms with Crippen LogP contribution in [0.25, 0.3) is 0 Å². The van der Waals surface area contributed by atoms with Crippen LogP contribution in [-0.2, 0) is 11.8 Å². The number of piperidine rings is 2. The zero-order valence-electron chi connectivity index (χ0n) is 16.5. The van der Waals surface area contributed by atoms with Crippen molar-refractivity contribution in [1.29, 1.82) is 0 Å². The lowest BCUT2D eigenvalue weighted by Crippen LogP contribution is -2.42. The highest BCUT2D eigenvalue weighted by molar-refractivity contribution is 5.76. The van der Waals surface area contributed by atoms with Gasteiger partial charge in [0.2, 0.25) is 5.91 Å². The number of aliphatic hydroxyl groups excluding tert-OH is 1. The number of likely N-dealkylation sites (tertiary alicyclic amines) is 2. The van der Waals surface area contributed by atoms with Crippen LogP contribution in [0.3, 0.4) is 0 Å². The van der Waals surface area contributed by atoms with Crippen LogP contribution in [0.5, 0.6) is 0 Å². The highest BCUT2D eigenvalue weighted by Gasteiger charge is 2.31. The molecule has 0 spiro atoms. The van der Waals surface area contributed by atoms with Crippen LogP contribution < -0.4 is 0 Å². The molecule has 0 bridgehead atoms. The Hall–Kier alpha value is -1.40. The van der Waals surface area contributed by atoms with Crippen molar-refractivity contribution in [2.24, 2.45) is 18.9 Å². The summed E-state index contributed by atoms with van der Waals surface area (Å²) in [5, 5.41) is 10.6. The average Bonchev–Trinajstić information content (AvgIpc) is 3.07. The first-order chi connectivity index (χ1) is 12.5. The molecule has 2 saturated heterocycles. The fourth-order valence-corrected chi connectivity index (χ4v) is 4.39. The van der Waals surface area contributed by atoms with Crippen molar-refractivity contribution in [1.82, 2.24) is 19.4 Å². The highest BCUT2D eigenvalue weighted by Crippen LogP contribution is 2.30. The van der Waals surface area contributed by atoms with E-state index in [-0.39, 0.29) is 5.92 Å². The SMILES string of the molecule is CC(C)N1CCC(CC(=O)N2CCC([C@@H](O)c3nccn3C)CC2)CC1. The van der Waals surface area contributed by atoms with Crippen LogP contribution in [0.15, 0.2) is 12.4 Å².